The predicted octanol–water partition coefficient (Wildman–Crippen LogP) is 9.07. The van der Waals surface area contributed by atoms with Crippen molar-refractivity contribution in [3.8, 4) is 0 Å². The van der Waals surface area contributed by atoms with Crippen LogP contribution in [0.3, 0.4) is 0 Å². The maximum absolute atomic E-state index is 10.2. The second-order valence-corrected chi connectivity index (χ2v) is 14.2. The van der Waals surface area contributed by atoms with Crippen molar-refractivity contribution in [3.05, 3.63) is 182 Å². The van der Waals surface area contributed by atoms with Crippen molar-refractivity contribution >= 4 is 39.5 Å². The number of benzene rings is 6. The summed E-state index contributed by atoms with van der Waals surface area (Å²) in [6.07, 6.45) is -0.865. The van der Waals surface area contributed by atoms with E-state index in [9.17, 15) is 14.4 Å². The van der Waals surface area contributed by atoms with Crippen molar-refractivity contribution in [2.24, 2.45) is 0 Å². The summed E-state index contributed by atoms with van der Waals surface area (Å²) in [6.45, 7) is 0. The number of carboxylic acid groups (broad SMARTS) is 2. The molecule has 0 aliphatic rings. The molecule has 0 bridgehead atoms. The topological polar surface area (TPSA) is 91.7 Å². The molecule has 0 aliphatic heterocycles. The Morgan fingerprint density at radius 3 is 0.729 bits per heavy atom. The summed E-state index contributed by atoms with van der Waals surface area (Å²) in [5.41, 5.74) is 0. The number of hydrogen-bond donors (Lipinski definition) is 2. The third-order valence-electron chi connectivity index (χ3n) is 6.68. The van der Waals surface area contributed by atoms with Crippen LogP contribution in [0.2, 0.25) is 0 Å². The van der Waals surface area contributed by atoms with Crippen LogP contribution in [0.1, 0.15) is 12.8 Å². The van der Waals surface area contributed by atoms with Crippen molar-refractivity contribution < 1.29 is 24.6 Å². The lowest BCUT2D eigenvalue weighted by Gasteiger charge is -2.07. The highest BCUT2D eigenvalue weighted by molar-refractivity contribution is 7.97. The number of Topliss-reactive ketones (excluding diaryl/α,β-unsaturated/α-hetero) is 1. The highest BCUT2D eigenvalue weighted by Crippen LogP contribution is 2.31. The molecule has 0 fully saturated rings. The van der Waals surface area contributed by atoms with E-state index in [-0.39, 0.29) is 21.8 Å². The normalized spacial score (nSPS) is 10.2. The molecule has 7 heteroatoms. The quantitative estimate of drug-likeness (QED) is 0.112. The van der Waals surface area contributed by atoms with Crippen molar-refractivity contribution in [1.29, 1.82) is 0 Å². The minimum absolute atomic E-state index is 0.0146. The van der Waals surface area contributed by atoms with Crippen LogP contribution < -0.4 is 0 Å². The molecule has 0 saturated heterocycles. The maximum Gasteiger partial charge on any atom is 0.372 e. The summed E-state index contributed by atoms with van der Waals surface area (Å²) in [5, 5.41) is 16.0. The smallest absolute Gasteiger partial charge is 0.372 e. The van der Waals surface area contributed by atoms with E-state index in [0.717, 1.165) is 0 Å². The minimum Gasteiger partial charge on any atom is -0.481 e. The van der Waals surface area contributed by atoms with Crippen molar-refractivity contribution in [3.63, 3.8) is 0 Å². The van der Waals surface area contributed by atoms with Gasteiger partial charge in [0.2, 0.25) is 5.78 Å². The van der Waals surface area contributed by atoms with E-state index in [4.69, 9.17) is 10.2 Å². The van der Waals surface area contributed by atoms with Gasteiger partial charge in [0.05, 0.1) is 28.2 Å². The van der Waals surface area contributed by atoms with Crippen LogP contribution in [-0.2, 0) is 36.2 Å². The fourth-order valence-electron chi connectivity index (χ4n) is 4.48. The van der Waals surface area contributed by atoms with Gasteiger partial charge in [0.15, 0.2) is 29.4 Å². The highest BCUT2D eigenvalue weighted by atomic mass is 32.2. The van der Waals surface area contributed by atoms with Gasteiger partial charge in [-0.25, -0.2) is 4.79 Å². The molecule has 0 radical (unpaired) electrons. The van der Waals surface area contributed by atoms with Gasteiger partial charge in [-0.15, -0.1) is 0 Å². The molecule has 48 heavy (non-hydrogen) atoms. The average Bonchev–Trinajstić information content (AvgIpc) is 3.14. The molecule has 240 valence electrons. The predicted molar refractivity (Wildman–Crippen MR) is 192 cm³/mol. The summed E-state index contributed by atoms with van der Waals surface area (Å²) in [7, 11) is -0.0293. The van der Waals surface area contributed by atoms with Gasteiger partial charge in [0, 0.05) is 6.42 Å². The van der Waals surface area contributed by atoms with Gasteiger partial charge in [-0.05, 0) is 72.8 Å². The fraction of sp³-hybridized carbons (Fsp3) is 0.0488. The van der Waals surface area contributed by atoms with E-state index in [2.05, 4.69) is 182 Å². The van der Waals surface area contributed by atoms with Crippen LogP contribution in [0.5, 0.6) is 0 Å². The number of hydrogen-bond acceptors (Lipinski definition) is 3. The van der Waals surface area contributed by atoms with Gasteiger partial charge >= 0.3 is 11.9 Å². The first kappa shape index (κ1) is 35.5. The molecule has 0 atom stereocenters. The zero-order valence-corrected chi connectivity index (χ0v) is 27.8. The SMILES string of the molecule is O=C(O)CCC(=O)C(=O)O.c1ccc([S+](c2ccccc2)c2ccccc2)cc1.c1ccc([S+](c2ccccc2)c2ccccc2)cc1. The van der Waals surface area contributed by atoms with Gasteiger partial charge < -0.3 is 10.2 Å². The van der Waals surface area contributed by atoms with Gasteiger partial charge in [0.1, 0.15) is 0 Å². The van der Waals surface area contributed by atoms with Crippen molar-refractivity contribution in [2.75, 3.05) is 0 Å². The molecule has 5 nitrogen and oxygen atoms in total. The van der Waals surface area contributed by atoms with Crippen LogP contribution in [0.4, 0.5) is 0 Å². The summed E-state index contributed by atoms with van der Waals surface area (Å²) in [6, 6.07) is 64.3. The lowest BCUT2D eigenvalue weighted by Crippen LogP contribution is -2.13. The molecule has 0 amide bonds. The number of ketones is 1. The molecule has 0 aromatic heterocycles. The Balaban J connectivity index is 0.000000172. The fourth-order valence-corrected chi connectivity index (χ4v) is 8.69. The van der Waals surface area contributed by atoms with E-state index in [1.54, 1.807) is 0 Å². The van der Waals surface area contributed by atoms with Gasteiger partial charge in [-0.1, -0.05) is 109 Å². The summed E-state index contributed by atoms with van der Waals surface area (Å²) >= 11 is 0. The molecule has 0 aliphatic carbocycles. The van der Waals surface area contributed by atoms with Gasteiger partial charge in [0.25, 0.3) is 0 Å². The zero-order chi connectivity index (χ0) is 34.0. The van der Waals surface area contributed by atoms with Crippen molar-refractivity contribution in [2.45, 2.75) is 42.2 Å². The molecule has 6 aromatic rings. The summed E-state index contributed by atoms with van der Waals surface area (Å²) in [4.78, 5) is 37.9. The van der Waals surface area contributed by atoms with Gasteiger partial charge in [-0.2, -0.15) is 0 Å². The third-order valence-corrected chi connectivity index (χ3v) is 11.1. The summed E-state index contributed by atoms with van der Waals surface area (Å²) < 4.78 is 0. The molecule has 0 unspecified atom stereocenters. The van der Waals surface area contributed by atoms with E-state index in [1.807, 2.05) is 0 Å². The Morgan fingerprint density at radius 1 is 0.354 bits per heavy atom. The van der Waals surface area contributed by atoms with E-state index in [1.165, 1.54) is 29.4 Å². The van der Waals surface area contributed by atoms with Crippen LogP contribution in [-0.4, -0.2) is 27.9 Å². The molecule has 0 saturated carbocycles. The average molecular weight is 673 g/mol. The molecular weight excluding hydrogens is 637 g/mol. The lowest BCUT2D eigenvalue weighted by atomic mass is 10.2. The Morgan fingerprint density at radius 2 is 0.562 bits per heavy atom. The Kier molecular flexibility index (Phi) is 14.3. The van der Waals surface area contributed by atoms with E-state index in [0.29, 0.717) is 0 Å². The molecule has 6 aromatic carbocycles. The van der Waals surface area contributed by atoms with Gasteiger partial charge in [-0.3, -0.25) is 9.59 Å². The first-order valence-corrected chi connectivity index (χ1v) is 17.7. The number of carbonyl (C=O) groups is 3. The first-order valence-electron chi connectivity index (χ1n) is 15.2. The number of aliphatic carboxylic acids is 2. The summed E-state index contributed by atoms with van der Waals surface area (Å²) in [5.74, 6) is -3.82. The van der Waals surface area contributed by atoms with Crippen LogP contribution in [0.25, 0.3) is 0 Å². The lowest BCUT2D eigenvalue weighted by molar-refractivity contribution is -0.149. The Labute approximate surface area is 287 Å². The second kappa shape index (κ2) is 19.3. The second-order valence-electron chi connectivity index (χ2n) is 10.1. The molecule has 6 rings (SSSR count). The monoisotopic (exact) mass is 672 g/mol. The zero-order valence-electron chi connectivity index (χ0n) is 26.2. The number of carbonyl (C=O) groups excluding carboxylic acids is 1. The first-order chi connectivity index (χ1) is 23.4. The third kappa shape index (κ3) is 11.2. The maximum atomic E-state index is 10.2. The van der Waals surface area contributed by atoms with Crippen LogP contribution >= 0.6 is 0 Å². The number of carboxylic acids is 2. The van der Waals surface area contributed by atoms with Crippen molar-refractivity contribution in [1.82, 2.24) is 0 Å². The van der Waals surface area contributed by atoms with Crippen LogP contribution in [0, 0.1) is 0 Å². The molecule has 2 N–H and O–H groups in total. The van der Waals surface area contributed by atoms with E-state index < -0.39 is 30.6 Å². The number of rotatable bonds is 10. The van der Waals surface area contributed by atoms with E-state index >= 15 is 0 Å². The highest BCUT2D eigenvalue weighted by Gasteiger charge is 2.28. The Bertz CT molecular complexity index is 1520. The Hall–Kier alpha value is -5.37. The molecule has 0 heterocycles. The molecular formula is C41H36O5S2+2. The molecule has 0 spiro atoms. The standard InChI is InChI=1S/2C18H15S.C5H6O5/c2*1-4-10-16(11-5-1)19(17-12-6-2-7-13-17)18-14-8-3-9-15-18;6-3(5(9)10)1-2-4(7)8/h2*1-15H;1-2H2,(H,7,8)(H,9,10)/q2*+1;. The minimum atomic E-state index is -1.58. The largest absolute Gasteiger partial charge is 0.481 e. The van der Waals surface area contributed by atoms with Crippen LogP contribution in [0.15, 0.2) is 211 Å².